The van der Waals surface area contributed by atoms with E-state index in [-0.39, 0.29) is 37.0 Å². The number of benzene rings is 2. The van der Waals surface area contributed by atoms with Gasteiger partial charge in [0.25, 0.3) is 5.91 Å². The average molecular weight is 434 g/mol. The zero-order valence-corrected chi connectivity index (χ0v) is 16.8. The molecule has 9 heteroatoms. The predicted molar refractivity (Wildman–Crippen MR) is 108 cm³/mol. The van der Waals surface area contributed by atoms with Crippen molar-refractivity contribution in [2.24, 2.45) is 0 Å². The SMILES string of the molecule is O=C(c1cc(Cl)cc2cccnc12)N1CCN(S(=O)(=O)c2ccccc2F)CC1. The fourth-order valence-electron chi connectivity index (χ4n) is 3.41. The number of aromatic nitrogens is 1. The van der Waals surface area contributed by atoms with E-state index in [1.807, 2.05) is 6.07 Å². The Bertz CT molecular complexity index is 1190. The summed E-state index contributed by atoms with van der Waals surface area (Å²) in [6, 6.07) is 12.2. The summed E-state index contributed by atoms with van der Waals surface area (Å²) in [4.78, 5) is 18.5. The summed E-state index contributed by atoms with van der Waals surface area (Å²) in [6.07, 6.45) is 1.60. The van der Waals surface area contributed by atoms with Crippen molar-refractivity contribution in [3.8, 4) is 0 Å². The third-order valence-electron chi connectivity index (χ3n) is 4.88. The molecule has 2 heterocycles. The molecule has 150 valence electrons. The summed E-state index contributed by atoms with van der Waals surface area (Å²) in [6.45, 7) is 0.531. The van der Waals surface area contributed by atoms with Gasteiger partial charge in [0.15, 0.2) is 0 Å². The summed E-state index contributed by atoms with van der Waals surface area (Å²) in [5, 5.41) is 1.18. The fraction of sp³-hybridized carbons (Fsp3) is 0.200. The largest absolute Gasteiger partial charge is 0.336 e. The van der Waals surface area contributed by atoms with Gasteiger partial charge in [-0.3, -0.25) is 9.78 Å². The van der Waals surface area contributed by atoms with Gasteiger partial charge < -0.3 is 4.90 Å². The van der Waals surface area contributed by atoms with Crippen molar-refractivity contribution in [2.45, 2.75) is 4.90 Å². The average Bonchev–Trinajstić information content (AvgIpc) is 2.73. The molecule has 1 fully saturated rings. The molecule has 29 heavy (non-hydrogen) atoms. The number of nitrogens with zero attached hydrogens (tertiary/aromatic N) is 3. The van der Waals surface area contributed by atoms with Crippen LogP contribution in [0.1, 0.15) is 10.4 Å². The predicted octanol–water partition coefficient (Wildman–Crippen LogP) is 3.17. The Morgan fingerprint density at radius 1 is 1.03 bits per heavy atom. The number of hydrogen-bond donors (Lipinski definition) is 0. The first kappa shape index (κ1) is 19.8. The Kier molecular flexibility index (Phi) is 5.24. The molecule has 0 aliphatic carbocycles. The molecule has 1 amide bonds. The molecule has 0 bridgehead atoms. The molecular formula is C20H17ClFN3O3S. The van der Waals surface area contributed by atoms with Gasteiger partial charge in [0, 0.05) is 42.8 Å². The highest BCUT2D eigenvalue weighted by molar-refractivity contribution is 7.89. The van der Waals surface area contributed by atoms with E-state index in [1.165, 1.54) is 22.5 Å². The summed E-state index contributed by atoms with van der Waals surface area (Å²) in [5.41, 5.74) is 0.918. The molecule has 1 saturated heterocycles. The second-order valence-electron chi connectivity index (χ2n) is 6.66. The molecule has 0 radical (unpaired) electrons. The van der Waals surface area contributed by atoms with Crippen LogP contribution in [0.25, 0.3) is 10.9 Å². The van der Waals surface area contributed by atoms with Crippen molar-refractivity contribution in [1.82, 2.24) is 14.2 Å². The lowest BCUT2D eigenvalue weighted by molar-refractivity contribution is 0.0699. The lowest BCUT2D eigenvalue weighted by Crippen LogP contribution is -2.50. The minimum Gasteiger partial charge on any atom is -0.336 e. The summed E-state index contributed by atoms with van der Waals surface area (Å²) in [5.74, 6) is -1.05. The van der Waals surface area contributed by atoms with Gasteiger partial charge >= 0.3 is 0 Å². The molecule has 4 rings (SSSR count). The molecule has 1 aromatic heterocycles. The zero-order valence-electron chi connectivity index (χ0n) is 15.3. The van der Waals surface area contributed by atoms with E-state index in [2.05, 4.69) is 4.98 Å². The molecule has 0 unspecified atom stereocenters. The number of piperazine rings is 1. The van der Waals surface area contributed by atoms with Gasteiger partial charge in [-0.25, -0.2) is 12.8 Å². The number of hydrogen-bond acceptors (Lipinski definition) is 4. The number of halogens is 2. The summed E-state index contributed by atoms with van der Waals surface area (Å²) < 4.78 is 40.6. The van der Waals surface area contributed by atoms with Gasteiger partial charge in [0.05, 0.1) is 11.1 Å². The van der Waals surface area contributed by atoms with Gasteiger partial charge in [-0.15, -0.1) is 0 Å². The van der Waals surface area contributed by atoms with Crippen molar-refractivity contribution in [3.05, 3.63) is 71.1 Å². The Labute approximate surface area is 172 Å². The van der Waals surface area contributed by atoms with Crippen molar-refractivity contribution in [3.63, 3.8) is 0 Å². The van der Waals surface area contributed by atoms with Crippen molar-refractivity contribution < 1.29 is 17.6 Å². The molecular weight excluding hydrogens is 417 g/mol. The Morgan fingerprint density at radius 3 is 2.48 bits per heavy atom. The molecule has 2 aromatic carbocycles. The van der Waals surface area contributed by atoms with E-state index in [1.54, 1.807) is 29.3 Å². The third kappa shape index (κ3) is 3.71. The Balaban J connectivity index is 1.55. The van der Waals surface area contributed by atoms with E-state index in [9.17, 15) is 17.6 Å². The van der Waals surface area contributed by atoms with Crippen molar-refractivity contribution >= 4 is 38.4 Å². The monoisotopic (exact) mass is 433 g/mol. The lowest BCUT2D eigenvalue weighted by Gasteiger charge is -2.34. The van der Waals surface area contributed by atoms with Crippen molar-refractivity contribution in [1.29, 1.82) is 0 Å². The maximum atomic E-state index is 14.0. The molecule has 1 aliphatic rings. The first-order chi connectivity index (χ1) is 13.9. The Hall–Kier alpha value is -2.55. The third-order valence-corrected chi connectivity index (χ3v) is 7.03. The molecule has 0 saturated carbocycles. The fourth-order valence-corrected chi connectivity index (χ4v) is 5.13. The topological polar surface area (TPSA) is 70.6 Å². The highest BCUT2D eigenvalue weighted by Crippen LogP contribution is 2.25. The number of fused-ring (bicyclic) bond motifs is 1. The van der Waals surface area contributed by atoms with Crippen LogP contribution in [0.4, 0.5) is 4.39 Å². The van der Waals surface area contributed by atoms with E-state index >= 15 is 0 Å². The minimum absolute atomic E-state index is 0.0777. The van der Waals surface area contributed by atoms with Crippen LogP contribution in [0.5, 0.6) is 0 Å². The van der Waals surface area contributed by atoms with Crippen LogP contribution >= 0.6 is 11.6 Å². The number of carbonyl (C=O) groups is 1. The molecule has 6 nitrogen and oxygen atoms in total. The maximum Gasteiger partial charge on any atom is 0.256 e. The van der Waals surface area contributed by atoms with E-state index in [0.717, 1.165) is 11.5 Å². The maximum absolute atomic E-state index is 14.0. The van der Waals surface area contributed by atoms with Gasteiger partial charge in [0.1, 0.15) is 10.7 Å². The first-order valence-corrected chi connectivity index (χ1v) is 10.8. The van der Waals surface area contributed by atoms with Crippen LogP contribution in [0.15, 0.2) is 59.6 Å². The van der Waals surface area contributed by atoms with E-state index < -0.39 is 15.8 Å². The number of sulfonamides is 1. The smallest absolute Gasteiger partial charge is 0.256 e. The number of amides is 1. The van der Waals surface area contributed by atoms with Crippen LogP contribution in [0.3, 0.4) is 0 Å². The molecule has 0 atom stereocenters. The standard InChI is InChI=1S/C20H17ClFN3O3S/c21-15-12-14-4-3-7-23-19(14)16(13-15)20(26)24-8-10-25(11-9-24)29(27,28)18-6-2-1-5-17(18)22/h1-7,12-13H,8-11H2. The number of rotatable bonds is 3. The second-order valence-corrected chi connectivity index (χ2v) is 9.00. The van der Waals surface area contributed by atoms with Crippen LogP contribution in [-0.2, 0) is 10.0 Å². The molecule has 0 spiro atoms. The number of carbonyl (C=O) groups excluding carboxylic acids is 1. The van der Waals surface area contributed by atoms with Crippen LogP contribution < -0.4 is 0 Å². The zero-order chi connectivity index (χ0) is 20.6. The lowest BCUT2D eigenvalue weighted by atomic mass is 10.1. The van der Waals surface area contributed by atoms with Gasteiger partial charge in [-0.05, 0) is 30.3 Å². The summed E-state index contributed by atoms with van der Waals surface area (Å²) in [7, 11) is -3.96. The van der Waals surface area contributed by atoms with Crippen LogP contribution in [-0.4, -0.2) is 54.7 Å². The molecule has 1 aliphatic heterocycles. The van der Waals surface area contributed by atoms with Crippen LogP contribution in [0.2, 0.25) is 5.02 Å². The van der Waals surface area contributed by atoms with E-state index in [0.29, 0.717) is 16.1 Å². The molecule has 3 aromatic rings. The normalized spacial score (nSPS) is 15.6. The van der Waals surface area contributed by atoms with Crippen molar-refractivity contribution in [2.75, 3.05) is 26.2 Å². The van der Waals surface area contributed by atoms with Gasteiger partial charge in [-0.1, -0.05) is 29.8 Å². The quantitative estimate of drug-likeness (QED) is 0.636. The highest BCUT2D eigenvalue weighted by atomic mass is 35.5. The molecule has 0 N–H and O–H groups in total. The summed E-state index contributed by atoms with van der Waals surface area (Å²) >= 11 is 6.15. The Morgan fingerprint density at radius 2 is 1.76 bits per heavy atom. The van der Waals surface area contributed by atoms with Gasteiger partial charge in [0.2, 0.25) is 10.0 Å². The first-order valence-electron chi connectivity index (χ1n) is 8.96. The van der Waals surface area contributed by atoms with Crippen LogP contribution in [0, 0.1) is 5.82 Å². The minimum atomic E-state index is -3.96. The van der Waals surface area contributed by atoms with E-state index in [4.69, 9.17) is 11.6 Å². The van der Waals surface area contributed by atoms with Gasteiger partial charge in [-0.2, -0.15) is 4.31 Å². The number of pyridine rings is 1. The second kappa shape index (κ2) is 7.70. The highest BCUT2D eigenvalue weighted by Gasteiger charge is 2.32.